The summed E-state index contributed by atoms with van der Waals surface area (Å²) in [5, 5.41) is 18.3. The summed E-state index contributed by atoms with van der Waals surface area (Å²) in [6.07, 6.45) is 4.60. The number of aliphatic hydroxyl groups is 1. The van der Waals surface area contributed by atoms with Crippen LogP contribution in [0.2, 0.25) is 0 Å². The molecule has 3 N–H and O–H groups in total. The van der Waals surface area contributed by atoms with Crippen molar-refractivity contribution in [2.45, 2.75) is 25.4 Å². The predicted molar refractivity (Wildman–Crippen MR) is 147 cm³/mol. The van der Waals surface area contributed by atoms with Gasteiger partial charge in [-0.05, 0) is 40.8 Å². The summed E-state index contributed by atoms with van der Waals surface area (Å²) in [6, 6.07) is 21.2. The highest BCUT2D eigenvalue weighted by atomic mass is 16.3. The van der Waals surface area contributed by atoms with Crippen LogP contribution in [0.25, 0.3) is 10.8 Å². The lowest BCUT2D eigenvalue weighted by Gasteiger charge is -2.34. The third kappa shape index (κ3) is 4.47. The van der Waals surface area contributed by atoms with Crippen molar-refractivity contribution in [3.05, 3.63) is 90.5 Å². The molecule has 1 heterocycles. The van der Waals surface area contributed by atoms with Crippen LogP contribution in [0.3, 0.4) is 0 Å². The first-order chi connectivity index (χ1) is 18.5. The summed E-state index contributed by atoms with van der Waals surface area (Å²) in [6.45, 7) is 1.65. The van der Waals surface area contributed by atoms with Crippen LogP contribution in [-0.4, -0.2) is 47.4 Å². The Morgan fingerprint density at radius 2 is 1.66 bits per heavy atom. The summed E-state index contributed by atoms with van der Waals surface area (Å²) >= 11 is 0. The number of rotatable bonds is 7. The standard InChI is InChI=1S/C31H33N3O4/c1-3-19-14-16-24-27(26(19)29(36)32-2)31(38)34(25(18-35)21-10-5-4-6-11-21)28(24)30(37)33-23-15-13-20-9-7-8-12-22(20)17-23/h4-17,19,24-28,35H,3,18H2,1-2H3,(H,32,36)(H,33,37)/t19-,24+,25-,26-,27-,28+/m1/s1. The molecule has 1 fully saturated rings. The number of anilines is 1. The summed E-state index contributed by atoms with van der Waals surface area (Å²) in [5.41, 5.74) is 1.36. The van der Waals surface area contributed by atoms with Crippen molar-refractivity contribution >= 4 is 34.2 Å². The van der Waals surface area contributed by atoms with Crippen molar-refractivity contribution in [1.82, 2.24) is 10.2 Å². The summed E-state index contributed by atoms with van der Waals surface area (Å²) < 4.78 is 0. The highest BCUT2D eigenvalue weighted by Crippen LogP contribution is 2.47. The van der Waals surface area contributed by atoms with Crippen molar-refractivity contribution in [3.63, 3.8) is 0 Å². The molecular formula is C31H33N3O4. The van der Waals surface area contributed by atoms with E-state index in [-0.39, 0.29) is 30.2 Å². The molecule has 0 saturated carbocycles. The van der Waals surface area contributed by atoms with Crippen molar-refractivity contribution in [3.8, 4) is 0 Å². The van der Waals surface area contributed by atoms with Gasteiger partial charge < -0.3 is 20.6 Å². The Labute approximate surface area is 222 Å². The molecule has 7 nitrogen and oxygen atoms in total. The Bertz CT molecular complexity index is 1370. The van der Waals surface area contributed by atoms with Gasteiger partial charge in [-0.15, -0.1) is 0 Å². The lowest BCUT2D eigenvalue weighted by Crippen LogP contribution is -2.46. The van der Waals surface area contributed by atoms with E-state index in [9.17, 15) is 19.5 Å². The Morgan fingerprint density at radius 1 is 0.947 bits per heavy atom. The first-order valence-corrected chi connectivity index (χ1v) is 13.2. The number of carbonyl (C=O) groups is 3. The van der Waals surface area contributed by atoms with E-state index in [1.807, 2.05) is 91.9 Å². The molecule has 3 aromatic rings. The Balaban J connectivity index is 1.57. The molecule has 0 radical (unpaired) electrons. The topological polar surface area (TPSA) is 98.7 Å². The quantitative estimate of drug-likeness (QED) is 0.419. The highest BCUT2D eigenvalue weighted by molar-refractivity contribution is 6.03. The van der Waals surface area contributed by atoms with E-state index in [2.05, 4.69) is 10.6 Å². The minimum absolute atomic E-state index is 0.117. The van der Waals surface area contributed by atoms with Gasteiger partial charge in [0.2, 0.25) is 17.7 Å². The van der Waals surface area contributed by atoms with Gasteiger partial charge in [0.15, 0.2) is 0 Å². The van der Waals surface area contributed by atoms with Gasteiger partial charge in [-0.1, -0.05) is 79.7 Å². The summed E-state index contributed by atoms with van der Waals surface area (Å²) in [7, 11) is 1.57. The largest absolute Gasteiger partial charge is 0.394 e. The van der Waals surface area contributed by atoms with Crippen LogP contribution in [0.1, 0.15) is 24.9 Å². The second kappa shape index (κ2) is 10.8. The van der Waals surface area contributed by atoms with E-state index in [0.29, 0.717) is 12.1 Å². The van der Waals surface area contributed by atoms with Crippen LogP contribution in [0.15, 0.2) is 84.9 Å². The molecule has 1 aliphatic heterocycles. The lowest BCUT2D eigenvalue weighted by atomic mass is 9.69. The average Bonchev–Trinajstić information content (AvgIpc) is 3.25. The van der Waals surface area contributed by atoms with Gasteiger partial charge in [0, 0.05) is 18.7 Å². The molecule has 0 spiro atoms. The number of aliphatic hydroxyl groups excluding tert-OH is 1. The van der Waals surface area contributed by atoms with E-state index >= 15 is 0 Å². The molecule has 3 amide bonds. The Morgan fingerprint density at radius 3 is 2.34 bits per heavy atom. The second-order valence-corrected chi connectivity index (χ2v) is 10.1. The van der Waals surface area contributed by atoms with Crippen LogP contribution >= 0.6 is 0 Å². The fourth-order valence-electron chi connectivity index (χ4n) is 6.21. The van der Waals surface area contributed by atoms with Crippen LogP contribution in [0.4, 0.5) is 5.69 Å². The number of hydrogen-bond acceptors (Lipinski definition) is 4. The van der Waals surface area contributed by atoms with Crippen LogP contribution in [0.5, 0.6) is 0 Å². The molecule has 5 rings (SSSR count). The first-order valence-electron chi connectivity index (χ1n) is 13.2. The van der Waals surface area contributed by atoms with Crippen molar-refractivity contribution < 1.29 is 19.5 Å². The van der Waals surface area contributed by atoms with Gasteiger partial charge in [0.25, 0.3) is 0 Å². The number of benzene rings is 3. The molecule has 0 aromatic heterocycles. The SMILES string of the molecule is CC[C@@H]1C=C[C@H]2[C@@H](C(=O)N([C@H](CO)c3ccccc3)[C@@H]2C(=O)Nc2ccc3ccccc3c2)[C@@H]1C(=O)NC. The zero-order chi connectivity index (χ0) is 26.8. The summed E-state index contributed by atoms with van der Waals surface area (Å²) in [4.78, 5) is 42.7. The maximum Gasteiger partial charge on any atom is 0.247 e. The second-order valence-electron chi connectivity index (χ2n) is 10.1. The van der Waals surface area contributed by atoms with Gasteiger partial charge in [0.1, 0.15) is 6.04 Å². The molecule has 6 atom stereocenters. The third-order valence-corrected chi connectivity index (χ3v) is 8.05. The number of likely N-dealkylation sites (tertiary alicyclic amines) is 1. The van der Waals surface area contributed by atoms with Gasteiger partial charge in [-0.3, -0.25) is 14.4 Å². The molecule has 0 bridgehead atoms. The zero-order valence-corrected chi connectivity index (χ0v) is 21.6. The number of nitrogens with one attached hydrogen (secondary N) is 2. The van der Waals surface area contributed by atoms with Gasteiger partial charge in [-0.2, -0.15) is 0 Å². The monoisotopic (exact) mass is 511 g/mol. The normalized spacial score (nSPS) is 25.2. The fourth-order valence-corrected chi connectivity index (χ4v) is 6.21. The van der Waals surface area contributed by atoms with E-state index < -0.39 is 29.8 Å². The molecule has 196 valence electrons. The molecule has 3 aromatic carbocycles. The average molecular weight is 512 g/mol. The molecular weight excluding hydrogens is 478 g/mol. The Kier molecular flexibility index (Phi) is 7.29. The van der Waals surface area contributed by atoms with Crippen molar-refractivity contribution in [2.75, 3.05) is 19.0 Å². The smallest absolute Gasteiger partial charge is 0.247 e. The number of carbonyl (C=O) groups excluding carboxylic acids is 3. The maximum atomic E-state index is 14.2. The van der Waals surface area contributed by atoms with E-state index in [0.717, 1.165) is 16.3 Å². The lowest BCUT2D eigenvalue weighted by molar-refractivity contribution is -0.143. The van der Waals surface area contributed by atoms with Crippen molar-refractivity contribution in [2.24, 2.45) is 23.7 Å². The van der Waals surface area contributed by atoms with E-state index in [4.69, 9.17) is 0 Å². The number of fused-ring (bicyclic) bond motifs is 2. The van der Waals surface area contributed by atoms with Crippen LogP contribution < -0.4 is 10.6 Å². The molecule has 1 saturated heterocycles. The number of allylic oxidation sites excluding steroid dienone is 1. The number of hydrogen-bond donors (Lipinski definition) is 3. The van der Waals surface area contributed by atoms with Gasteiger partial charge >= 0.3 is 0 Å². The predicted octanol–water partition coefficient (Wildman–Crippen LogP) is 3.91. The van der Waals surface area contributed by atoms with E-state index in [1.165, 1.54) is 4.90 Å². The maximum absolute atomic E-state index is 14.2. The number of nitrogens with zero attached hydrogens (tertiary/aromatic N) is 1. The highest BCUT2D eigenvalue weighted by Gasteiger charge is 2.58. The molecule has 38 heavy (non-hydrogen) atoms. The van der Waals surface area contributed by atoms with Crippen molar-refractivity contribution in [1.29, 1.82) is 0 Å². The molecule has 2 aliphatic rings. The first kappa shape index (κ1) is 25.7. The number of amides is 3. The molecule has 1 aliphatic carbocycles. The fraction of sp³-hybridized carbons (Fsp3) is 0.323. The Hall–Kier alpha value is -3.97. The zero-order valence-electron chi connectivity index (χ0n) is 21.6. The molecule has 7 heteroatoms. The minimum Gasteiger partial charge on any atom is -0.394 e. The van der Waals surface area contributed by atoms with E-state index in [1.54, 1.807) is 7.05 Å². The van der Waals surface area contributed by atoms with Crippen LogP contribution in [-0.2, 0) is 14.4 Å². The van der Waals surface area contributed by atoms with Crippen LogP contribution in [0, 0.1) is 23.7 Å². The summed E-state index contributed by atoms with van der Waals surface area (Å²) in [5.74, 6) is -2.75. The third-order valence-electron chi connectivity index (χ3n) is 8.05. The van der Waals surface area contributed by atoms with Gasteiger partial charge in [-0.25, -0.2) is 0 Å². The minimum atomic E-state index is -0.891. The molecule has 0 unspecified atom stereocenters. The van der Waals surface area contributed by atoms with Gasteiger partial charge in [0.05, 0.1) is 24.5 Å².